The molecule has 4 nitrogen and oxygen atoms in total. The van der Waals surface area contributed by atoms with Gasteiger partial charge in [0.25, 0.3) is 0 Å². The van der Waals surface area contributed by atoms with Crippen molar-refractivity contribution in [2.24, 2.45) is 0 Å². The number of nitrogens with one attached hydrogen (secondary N) is 1. The van der Waals surface area contributed by atoms with Gasteiger partial charge in [-0.15, -0.1) is 11.3 Å². The number of anilines is 1. The molecule has 1 heterocycles. The summed E-state index contributed by atoms with van der Waals surface area (Å²) in [7, 11) is 0. The topological polar surface area (TPSA) is 51.2 Å². The second kappa shape index (κ2) is 8.06. The summed E-state index contributed by atoms with van der Waals surface area (Å²) in [6, 6.07) is 23.0. The van der Waals surface area contributed by atoms with Crippen LogP contribution in [0.5, 0.6) is 11.5 Å². The molecule has 0 saturated heterocycles. The summed E-state index contributed by atoms with van der Waals surface area (Å²) in [5.41, 5.74) is 2.83. The first-order valence-corrected chi connectivity index (χ1v) is 9.67. The predicted octanol–water partition coefficient (Wildman–Crippen LogP) is 6.05. The summed E-state index contributed by atoms with van der Waals surface area (Å²) >= 11 is 1.55. The Hall–Kier alpha value is -3.44. The third kappa shape index (κ3) is 4.45. The fourth-order valence-electron chi connectivity index (χ4n) is 2.64. The molecule has 0 atom stereocenters. The molecule has 1 N–H and O–H groups in total. The number of aryl methyl sites for hydroxylation is 1. The first-order valence-electron chi connectivity index (χ1n) is 8.85. The zero-order valence-corrected chi connectivity index (χ0v) is 16.1. The second-order valence-corrected chi connectivity index (χ2v) is 7.34. The van der Waals surface area contributed by atoms with Crippen LogP contribution in [0.4, 0.5) is 5.69 Å². The fraction of sp³-hybridized carbons (Fsp3) is 0.0435. The van der Waals surface area contributed by atoms with Gasteiger partial charge in [0.15, 0.2) is 0 Å². The lowest BCUT2D eigenvalue weighted by Crippen LogP contribution is -2.07. The Morgan fingerprint density at radius 3 is 2.36 bits per heavy atom. The van der Waals surface area contributed by atoms with Gasteiger partial charge in [-0.3, -0.25) is 4.79 Å². The Balaban J connectivity index is 1.36. The molecule has 28 heavy (non-hydrogen) atoms. The number of rotatable bonds is 5. The van der Waals surface area contributed by atoms with Gasteiger partial charge in [0.05, 0.1) is 10.2 Å². The van der Waals surface area contributed by atoms with Crippen LogP contribution in [0, 0.1) is 6.92 Å². The molecule has 0 aliphatic rings. The van der Waals surface area contributed by atoms with E-state index in [4.69, 9.17) is 4.74 Å². The summed E-state index contributed by atoms with van der Waals surface area (Å²) in [6.07, 6.45) is 3.23. The normalized spacial score (nSPS) is 11.0. The SMILES string of the molecule is Cc1ccc(Oc2ccc(NC(=O)/C=C/c3nc4ccccc4s3)cc2)cc1. The van der Waals surface area contributed by atoms with E-state index in [1.54, 1.807) is 17.4 Å². The average molecular weight is 386 g/mol. The van der Waals surface area contributed by atoms with Gasteiger partial charge in [0, 0.05) is 11.8 Å². The second-order valence-electron chi connectivity index (χ2n) is 6.28. The number of para-hydroxylation sites is 1. The number of thiazole rings is 1. The number of aromatic nitrogens is 1. The summed E-state index contributed by atoms with van der Waals surface area (Å²) in [4.78, 5) is 16.6. The highest BCUT2D eigenvalue weighted by atomic mass is 32.1. The van der Waals surface area contributed by atoms with E-state index in [9.17, 15) is 4.79 Å². The highest BCUT2D eigenvalue weighted by Crippen LogP contribution is 2.24. The molecular formula is C23H18N2O2S. The number of amides is 1. The van der Waals surface area contributed by atoms with E-state index in [1.165, 1.54) is 11.6 Å². The van der Waals surface area contributed by atoms with Crippen molar-refractivity contribution in [2.45, 2.75) is 6.92 Å². The molecule has 0 spiro atoms. The van der Waals surface area contributed by atoms with Crippen LogP contribution in [0.2, 0.25) is 0 Å². The van der Waals surface area contributed by atoms with Gasteiger partial charge in [0.1, 0.15) is 16.5 Å². The fourth-order valence-corrected chi connectivity index (χ4v) is 3.51. The minimum atomic E-state index is -0.202. The summed E-state index contributed by atoms with van der Waals surface area (Å²) < 4.78 is 6.90. The number of fused-ring (bicyclic) bond motifs is 1. The zero-order valence-electron chi connectivity index (χ0n) is 15.3. The molecule has 0 bridgehead atoms. The third-order valence-corrected chi connectivity index (χ3v) is 5.07. The van der Waals surface area contributed by atoms with Gasteiger partial charge in [-0.05, 0) is 61.5 Å². The number of benzene rings is 3. The van der Waals surface area contributed by atoms with Gasteiger partial charge >= 0.3 is 0 Å². The number of ether oxygens (including phenoxy) is 1. The smallest absolute Gasteiger partial charge is 0.248 e. The van der Waals surface area contributed by atoms with Crippen LogP contribution in [0.15, 0.2) is 78.9 Å². The maximum absolute atomic E-state index is 12.2. The molecule has 1 aromatic heterocycles. The van der Waals surface area contributed by atoms with Crippen LogP contribution >= 0.6 is 11.3 Å². The van der Waals surface area contributed by atoms with Crippen molar-refractivity contribution in [1.29, 1.82) is 0 Å². The number of nitrogens with zero attached hydrogens (tertiary/aromatic N) is 1. The lowest BCUT2D eigenvalue weighted by atomic mass is 10.2. The lowest BCUT2D eigenvalue weighted by Gasteiger charge is -2.07. The van der Waals surface area contributed by atoms with Crippen LogP contribution in [0.3, 0.4) is 0 Å². The van der Waals surface area contributed by atoms with Crippen LogP contribution in [-0.2, 0) is 4.79 Å². The quantitative estimate of drug-likeness (QED) is 0.425. The number of hydrogen-bond donors (Lipinski definition) is 1. The summed E-state index contributed by atoms with van der Waals surface area (Å²) in [6.45, 7) is 2.03. The standard InChI is InChI=1S/C23H18N2O2S/c1-16-6-10-18(11-7-16)27-19-12-8-17(9-13-19)24-22(26)14-15-23-25-20-4-2-3-5-21(20)28-23/h2-15H,1H3,(H,24,26)/b15-14+. The molecule has 3 aromatic carbocycles. The van der Waals surface area contributed by atoms with E-state index in [0.29, 0.717) is 11.4 Å². The van der Waals surface area contributed by atoms with Crippen LogP contribution < -0.4 is 10.1 Å². The molecular weight excluding hydrogens is 368 g/mol. The number of hydrogen-bond acceptors (Lipinski definition) is 4. The molecule has 0 aliphatic carbocycles. The van der Waals surface area contributed by atoms with Gasteiger partial charge in [0.2, 0.25) is 5.91 Å². The Kier molecular flexibility index (Phi) is 5.17. The van der Waals surface area contributed by atoms with Gasteiger partial charge < -0.3 is 10.1 Å². The lowest BCUT2D eigenvalue weighted by molar-refractivity contribution is -0.111. The van der Waals surface area contributed by atoms with E-state index in [-0.39, 0.29) is 5.91 Å². The maximum atomic E-state index is 12.2. The average Bonchev–Trinajstić information content (AvgIpc) is 3.13. The van der Waals surface area contributed by atoms with Crippen molar-refractivity contribution < 1.29 is 9.53 Å². The van der Waals surface area contributed by atoms with Crippen molar-refractivity contribution in [1.82, 2.24) is 4.98 Å². The van der Waals surface area contributed by atoms with E-state index in [2.05, 4.69) is 10.3 Å². The zero-order chi connectivity index (χ0) is 19.3. The largest absolute Gasteiger partial charge is 0.457 e. The first-order chi connectivity index (χ1) is 13.7. The number of carbonyl (C=O) groups excluding carboxylic acids is 1. The van der Waals surface area contributed by atoms with Crippen LogP contribution in [0.25, 0.3) is 16.3 Å². The Labute approximate surface area is 167 Å². The molecule has 138 valence electrons. The molecule has 4 rings (SSSR count). The van der Waals surface area contributed by atoms with Gasteiger partial charge in [-0.2, -0.15) is 0 Å². The Morgan fingerprint density at radius 2 is 1.64 bits per heavy atom. The predicted molar refractivity (Wildman–Crippen MR) is 115 cm³/mol. The molecule has 0 aliphatic heterocycles. The van der Waals surface area contributed by atoms with Crippen molar-refractivity contribution in [3.05, 3.63) is 89.4 Å². The minimum absolute atomic E-state index is 0.202. The molecule has 0 radical (unpaired) electrons. The molecule has 1 amide bonds. The van der Waals surface area contributed by atoms with Gasteiger partial charge in [-0.25, -0.2) is 4.98 Å². The Bertz CT molecular complexity index is 1100. The van der Waals surface area contributed by atoms with Gasteiger partial charge in [-0.1, -0.05) is 29.8 Å². The van der Waals surface area contributed by atoms with Crippen LogP contribution in [0.1, 0.15) is 10.6 Å². The van der Waals surface area contributed by atoms with E-state index >= 15 is 0 Å². The monoisotopic (exact) mass is 386 g/mol. The molecule has 5 heteroatoms. The van der Waals surface area contributed by atoms with Crippen molar-refractivity contribution in [2.75, 3.05) is 5.32 Å². The molecule has 4 aromatic rings. The van der Waals surface area contributed by atoms with Crippen LogP contribution in [-0.4, -0.2) is 10.9 Å². The molecule has 0 saturated carbocycles. The highest BCUT2D eigenvalue weighted by Gasteiger charge is 2.03. The molecule has 0 fully saturated rings. The van der Waals surface area contributed by atoms with Crippen molar-refractivity contribution >= 4 is 39.2 Å². The van der Waals surface area contributed by atoms with Crippen molar-refractivity contribution in [3.8, 4) is 11.5 Å². The number of carbonyl (C=O) groups is 1. The third-order valence-electron chi connectivity index (χ3n) is 4.07. The minimum Gasteiger partial charge on any atom is -0.457 e. The first kappa shape index (κ1) is 17.9. The maximum Gasteiger partial charge on any atom is 0.248 e. The Morgan fingerprint density at radius 1 is 0.964 bits per heavy atom. The highest BCUT2D eigenvalue weighted by molar-refractivity contribution is 7.19. The summed E-state index contributed by atoms with van der Waals surface area (Å²) in [5.74, 6) is 1.29. The van der Waals surface area contributed by atoms with E-state index in [1.807, 2.05) is 79.7 Å². The summed E-state index contributed by atoms with van der Waals surface area (Å²) in [5, 5.41) is 3.64. The van der Waals surface area contributed by atoms with E-state index < -0.39 is 0 Å². The van der Waals surface area contributed by atoms with Crippen molar-refractivity contribution in [3.63, 3.8) is 0 Å². The molecule has 0 unspecified atom stereocenters. The van der Waals surface area contributed by atoms with E-state index in [0.717, 1.165) is 21.0 Å².